The van der Waals surface area contributed by atoms with E-state index >= 15 is 0 Å². The average Bonchev–Trinajstić information content (AvgIpc) is 2.85. The summed E-state index contributed by atoms with van der Waals surface area (Å²) in [7, 11) is 0. The second kappa shape index (κ2) is 3.44. The normalized spacial score (nSPS) is 58.5. The molecule has 5 rings (SSSR count). The third-order valence-corrected chi connectivity index (χ3v) is 8.04. The molecular weight excluding hydrogens is 252 g/mol. The largest absolute Gasteiger partial charge is 0.388 e. The molecule has 1 heterocycles. The second-order valence-corrected chi connectivity index (χ2v) is 8.63. The molecular formula is C17H28O3. The van der Waals surface area contributed by atoms with Gasteiger partial charge in [-0.2, -0.15) is 0 Å². The lowest BCUT2D eigenvalue weighted by molar-refractivity contribution is -0.357. The van der Waals surface area contributed by atoms with E-state index in [2.05, 4.69) is 34.6 Å². The summed E-state index contributed by atoms with van der Waals surface area (Å²) >= 11 is 0. The highest BCUT2D eigenvalue weighted by Crippen LogP contribution is 2.78. The van der Waals surface area contributed by atoms with Gasteiger partial charge in [-0.15, -0.1) is 0 Å². The first-order chi connectivity index (χ1) is 9.21. The Bertz CT molecular complexity index is 453. The van der Waals surface area contributed by atoms with Crippen molar-refractivity contribution in [2.24, 2.45) is 34.5 Å². The summed E-state index contributed by atoms with van der Waals surface area (Å²) in [6.07, 6.45) is 2.00. The third kappa shape index (κ3) is 1.07. The number of rotatable bonds is 0. The van der Waals surface area contributed by atoms with Gasteiger partial charge in [0.25, 0.3) is 0 Å². The molecule has 20 heavy (non-hydrogen) atoms. The molecule has 6 atom stereocenters. The molecule has 4 bridgehead atoms. The fraction of sp³-hybridized carbons (Fsp3) is 1.00. The minimum Gasteiger partial charge on any atom is -0.388 e. The summed E-state index contributed by atoms with van der Waals surface area (Å²) in [4.78, 5) is 0. The number of aliphatic hydroxyl groups is 1. The van der Waals surface area contributed by atoms with E-state index in [0.29, 0.717) is 36.9 Å². The molecule has 0 aromatic carbocycles. The molecule has 0 amide bonds. The van der Waals surface area contributed by atoms with E-state index in [1.165, 1.54) is 0 Å². The molecule has 1 saturated heterocycles. The van der Waals surface area contributed by atoms with E-state index in [-0.39, 0.29) is 10.8 Å². The van der Waals surface area contributed by atoms with E-state index in [4.69, 9.17) is 9.47 Å². The zero-order valence-electron chi connectivity index (χ0n) is 13.4. The van der Waals surface area contributed by atoms with Crippen LogP contribution in [0, 0.1) is 34.5 Å². The molecule has 1 N–H and O–H groups in total. The van der Waals surface area contributed by atoms with Crippen LogP contribution in [0.4, 0.5) is 0 Å². The van der Waals surface area contributed by atoms with Gasteiger partial charge >= 0.3 is 0 Å². The topological polar surface area (TPSA) is 38.7 Å². The van der Waals surface area contributed by atoms with Crippen LogP contribution in [0.15, 0.2) is 0 Å². The van der Waals surface area contributed by atoms with Gasteiger partial charge in [-0.1, -0.05) is 34.6 Å². The van der Waals surface area contributed by atoms with Gasteiger partial charge in [-0.3, -0.25) is 0 Å². The van der Waals surface area contributed by atoms with Gasteiger partial charge in [-0.25, -0.2) is 0 Å². The smallest absolute Gasteiger partial charge is 0.172 e. The van der Waals surface area contributed by atoms with Crippen molar-refractivity contribution in [1.29, 1.82) is 0 Å². The van der Waals surface area contributed by atoms with Gasteiger partial charge in [-0.05, 0) is 24.2 Å². The molecule has 5 aliphatic rings. The summed E-state index contributed by atoms with van der Waals surface area (Å²) < 4.78 is 12.2. The minimum atomic E-state index is -0.604. The molecule has 5 fully saturated rings. The Morgan fingerprint density at radius 2 is 1.65 bits per heavy atom. The first-order valence-corrected chi connectivity index (χ1v) is 8.21. The minimum absolute atomic E-state index is 0.0889. The Kier molecular flexibility index (Phi) is 2.33. The van der Waals surface area contributed by atoms with Crippen molar-refractivity contribution in [2.45, 2.75) is 58.8 Å². The first kappa shape index (κ1) is 13.5. The predicted molar refractivity (Wildman–Crippen MR) is 76.0 cm³/mol. The van der Waals surface area contributed by atoms with Crippen LogP contribution in [0.5, 0.6) is 0 Å². The maximum absolute atomic E-state index is 11.8. The van der Waals surface area contributed by atoms with E-state index in [1.807, 2.05) is 0 Å². The molecule has 3 nitrogen and oxygen atoms in total. The van der Waals surface area contributed by atoms with E-state index in [0.717, 1.165) is 12.8 Å². The quantitative estimate of drug-likeness (QED) is 0.741. The molecule has 0 aromatic rings. The van der Waals surface area contributed by atoms with Gasteiger partial charge in [0.1, 0.15) is 0 Å². The van der Waals surface area contributed by atoms with Crippen molar-refractivity contribution in [1.82, 2.24) is 0 Å². The molecule has 4 saturated carbocycles. The summed E-state index contributed by atoms with van der Waals surface area (Å²) in [5.74, 6) is 1.40. The number of ether oxygens (including phenoxy) is 2. The lowest BCUT2D eigenvalue weighted by atomic mass is 9.40. The van der Waals surface area contributed by atoms with Crippen LogP contribution in [-0.4, -0.2) is 29.7 Å². The maximum atomic E-state index is 11.8. The Hall–Kier alpha value is -0.120. The second-order valence-electron chi connectivity index (χ2n) is 8.63. The molecule has 3 heteroatoms. The number of hydrogen-bond donors (Lipinski definition) is 1. The van der Waals surface area contributed by atoms with Gasteiger partial charge in [0.15, 0.2) is 5.79 Å². The standard InChI is InChI=1S/C17H28O3/c1-10-11(2)17(18)14(3,4)13-8-12(10)15(17,5)9-16(13)19-6-7-20-16/h10-13,18H,6-9H2,1-5H3/t10-,11-,12+,13+,15-,17+/m0/s1. The molecule has 114 valence electrons. The van der Waals surface area contributed by atoms with E-state index in [1.54, 1.807) is 0 Å². The summed E-state index contributed by atoms with van der Waals surface area (Å²) in [6.45, 7) is 12.8. The SMILES string of the molecule is C[C@@H]1[C@H]2C[C@H]3C4(C[C@]2(C)[C@@](O)([C@H]1C)C3(C)C)OCCO4. The lowest BCUT2D eigenvalue weighted by Gasteiger charge is -2.69. The van der Waals surface area contributed by atoms with Crippen molar-refractivity contribution < 1.29 is 14.6 Å². The van der Waals surface area contributed by atoms with Gasteiger partial charge in [0.05, 0.1) is 18.8 Å². The van der Waals surface area contributed by atoms with Gasteiger partial charge in [0, 0.05) is 23.2 Å². The molecule has 0 radical (unpaired) electrons. The highest BCUT2D eigenvalue weighted by atomic mass is 16.7. The average molecular weight is 280 g/mol. The fourth-order valence-corrected chi connectivity index (χ4v) is 7.13. The Balaban J connectivity index is 1.91. The van der Waals surface area contributed by atoms with E-state index < -0.39 is 11.4 Å². The zero-order chi connectivity index (χ0) is 14.6. The Morgan fingerprint density at radius 1 is 1.05 bits per heavy atom. The van der Waals surface area contributed by atoms with Gasteiger partial charge < -0.3 is 14.6 Å². The van der Waals surface area contributed by atoms with Crippen LogP contribution in [-0.2, 0) is 9.47 Å². The highest BCUT2D eigenvalue weighted by Gasteiger charge is 2.81. The monoisotopic (exact) mass is 280 g/mol. The van der Waals surface area contributed by atoms with Crippen molar-refractivity contribution in [3.05, 3.63) is 0 Å². The van der Waals surface area contributed by atoms with Crippen molar-refractivity contribution in [2.75, 3.05) is 13.2 Å². The lowest BCUT2D eigenvalue weighted by Crippen LogP contribution is -2.74. The van der Waals surface area contributed by atoms with E-state index in [9.17, 15) is 5.11 Å². The van der Waals surface area contributed by atoms with Crippen LogP contribution in [0.25, 0.3) is 0 Å². The summed E-state index contributed by atoms with van der Waals surface area (Å²) in [5, 5.41) is 11.8. The van der Waals surface area contributed by atoms with Crippen molar-refractivity contribution in [3.63, 3.8) is 0 Å². The molecule has 0 unspecified atom stereocenters. The molecule has 0 aromatic heterocycles. The molecule has 1 spiro atoms. The van der Waals surface area contributed by atoms with Crippen molar-refractivity contribution in [3.8, 4) is 0 Å². The number of hydrogen-bond acceptors (Lipinski definition) is 3. The van der Waals surface area contributed by atoms with Crippen LogP contribution < -0.4 is 0 Å². The first-order valence-electron chi connectivity index (χ1n) is 8.21. The van der Waals surface area contributed by atoms with Crippen LogP contribution in [0.1, 0.15) is 47.5 Å². The Labute approximate surface area is 122 Å². The zero-order valence-corrected chi connectivity index (χ0v) is 13.4. The fourth-order valence-electron chi connectivity index (χ4n) is 7.13. The van der Waals surface area contributed by atoms with Crippen molar-refractivity contribution >= 4 is 0 Å². The van der Waals surface area contributed by atoms with Crippen LogP contribution >= 0.6 is 0 Å². The third-order valence-electron chi connectivity index (χ3n) is 8.04. The maximum Gasteiger partial charge on any atom is 0.172 e. The van der Waals surface area contributed by atoms with Crippen LogP contribution in [0.3, 0.4) is 0 Å². The molecule has 1 aliphatic heterocycles. The molecule has 4 aliphatic carbocycles. The summed E-state index contributed by atoms with van der Waals surface area (Å²) in [5.41, 5.74) is -0.854. The van der Waals surface area contributed by atoms with Gasteiger partial charge in [0.2, 0.25) is 0 Å². The Morgan fingerprint density at radius 3 is 2.25 bits per heavy atom. The summed E-state index contributed by atoms with van der Waals surface area (Å²) in [6, 6.07) is 0. The van der Waals surface area contributed by atoms with Crippen LogP contribution in [0.2, 0.25) is 0 Å². The highest BCUT2D eigenvalue weighted by molar-refractivity contribution is 5.28. The predicted octanol–water partition coefficient (Wildman–Crippen LogP) is 2.82.